The van der Waals surface area contributed by atoms with Crippen LogP contribution in [0.2, 0.25) is 0 Å². The lowest BCUT2D eigenvalue weighted by Crippen LogP contribution is -2.14. The molecule has 0 aliphatic carbocycles. The second-order valence-corrected chi connectivity index (χ2v) is 11.3. The fourth-order valence-electron chi connectivity index (χ4n) is 6.38. The minimum atomic E-state index is -0.847. The monoisotopic (exact) mass is 568 g/mol. The summed E-state index contributed by atoms with van der Waals surface area (Å²) in [5, 5.41) is 22.8. The highest BCUT2D eigenvalue weighted by Gasteiger charge is 2.17. The maximum absolute atomic E-state index is 11.6. The normalized spacial score (nSPS) is 15.6. The van der Waals surface area contributed by atoms with E-state index in [1.165, 1.54) is 22.3 Å². The van der Waals surface area contributed by atoms with Crippen LogP contribution in [0.1, 0.15) is 94.0 Å². The van der Waals surface area contributed by atoms with Crippen molar-refractivity contribution in [2.75, 3.05) is 0 Å². The van der Waals surface area contributed by atoms with Crippen molar-refractivity contribution in [3.63, 3.8) is 0 Å². The molecule has 5 rings (SSSR count). The van der Waals surface area contributed by atoms with Gasteiger partial charge in [0.2, 0.25) is 0 Å². The Kier molecular flexibility index (Phi) is 7.91. The summed E-state index contributed by atoms with van der Waals surface area (Å²) < 4.78 is 0. The predicted molar refractivity (Wildman–Crippen MR) is 166 cm³/mol. The van der Waals surface area contributed by atoms with Crippen molar-refractivity contribution in [2.45, 2.75) is 80.1 Å². The number of carbonyl (C=O) groups is 2. The molecule has 4 aromatic rings. The number of aliphatic carboxylic acids is 2. The van der Waals surface area contributed by atoms with Crippen LogP contribution in [0.4, 0.5) is 0 Å². The van der Waals surface area contributed by atoms with Crippen LogP contribution in [0.25, 0.3) is 24.3 Å². The fraction of sp³-hybridized carbons (Fsp3) is 0.353. The molecule has 1 aliphatic heterocycles. The molecule has 0 saturated heterocycles. The first-order valence-electron chi connectivity index (χ1n) is 14.7. The molecule has 42 heavy (non-hydrogen) atoms. The summed E-state index contributed by atoms with van der Waals surface area (Å²) >= 11 is 0. The van der Waals surface area contributed by atoms with Crippen LogP contribution >= 0.6 is 0 Å². The van der Waals surface area contributed by atoms with Gasteiger partial charge >= 0.3 is 11.9 Å². The van der Waals surface area contributed by atoms with E-state index >= 15 is 0 Å². The highest BCUT2D eigenvalue weighted by Crippen LogP contribution is 2.23. The molecule has 8 bridgehead atoms. The van der Waals surface area contributed by atoms with Crippen molar-refractivity contribution in [1.82, 2.24) is 19.9 Å². The number of nitrogens with one attached hydrogen (secondary N) is 4. The maximum atomic E-state index is 11.6. The van der Waals surface area contributed by atoms with Crippen LogP contribution in [0.5, 0.6) is 0 Å². The minimum absolute atomic E-state index is 0.0162. The highest BCUT2D eigenvalue weighted by molar-refractivity contribution is 5.70. The van der Waals surface area contributed by atoms with Gasteiger partial charge in [0.15, 0.2) is 0 Å². The van der Waals surface area contributed by atoms with Crippen molar-refractivity contribution in [2.24, 2.45) is 0 Å². The van der Waals surface area contributed by atoms with Gasteiger partial charge in [-0.2, -0.15) is 0 Å². The minimum Gasteiger partial charge on any atom is -0.481 e. The van der Waals surface area contributed by atoms with Gasteiger partial charge < -0.3 is 30.1 Å². The van der Waals surface area contributed by atoms with Crippen LogP contribution in [0.3, 0.4) is 0 Å². The molecule has 0 atom stereocenters. The smallest absolute Gasteiger partial charge is 0.303 e. The molecule has 0 saturated carbocycles. The summed E-state index contributed by atoms with van der Waals surface area (Å²) in [6, 6.07) is 0. The highest BCUT2D eigenvalue weighted by atomic mass is 16.4. The first-order valence-corrected chi connectivity index (χ1v) is 14.7. The largest absolute Gasteiger partial charge is 0.481 e. The van der Waals surface area contributed by atoms with Crippen LogP contribution in [-0.4, -0.2) is 42.1 Å². The van der Waals surface area contributed by atoms with Gasteiger partial charge in [0.05, 0.1) is 0 Å². The molecule has 0 unspecified atom stereocenters. The van der Waals surface area contributed by atoms with Gasteiger partial charge in [0.1, 0.15) is 0 Å². The van der Waals surface area contributed by atoms with Gasteiger partial charge in [0, 0.05) is 57.0 Å². The van der Waals surface area contributed by atoms with E-state index in [1.54, 1.807) is 0 Å². The molecule has 0 aromatic carbocycles. The number of H-pyrrole nitrogens is 4. The lowest BCUT2D eigenvalue weighted by molar-refractivity contribution is -0.138. The van der Waals surface area contributed by atoms with Crippen LogP contribution in [-0.2, 0) is 35.3 Å². The van der Waals surface area contributed by atoms with Gasteiger partial charge in [-0.15, -0.1) is 0 Å². The zero-order chi connectivity index (χ0) is 30.3. The van der Waals surface area contributed by atoms with Crippen molar-refractivity contribution in [3.05, 3.63) is 88.7 Å². The topological polar surface area (TPSA) is 138 Å². The maximum Gasteiger partial charge on any atom is 0.303 e. The van der Waals surface area contributed by atoms with E-state index in [0.717, 1.165) is 79.3 Å². The molecule has 6 N–H and O–H groups in total. The summed E-state index contributed by atoms with van der Waals surface area (Å²) in [4.78, 5) is 37.6. The number of carboxylic acids is 2. The molecule has 4 aromatic heterocycles. The summed E-state index contributed by atoms with van der Waals surface area (Å²) in [6.45, 7) is 12.7. The van der Waals surface area contributed by atoms with Gasteiger partial charge in [-0.05, 0) is 122 Å². The van der Waals surface area contributed by atoms with E-state index < -0.39 is 11.9 Å². The third-order valence-corrected chi connectivity index (χ3v) is 8.84. The molecule has 0 spiro atoms. The molecular weight excluding hydrogens is 528 g/mol. The zero-order valence-corrected chi connectivity index (χ0v) is 25.3. The first-order chi connectivity index (χ1) is 20.0. The Morgan fingerprint density at radius 3 is 1.48 bits per heavy atom. The van der Waals surface area contributed by atoms with E-state index in [9.17, 15) is 19.8 Å². The van der Waals surface area contributed by atoms with Crippen molar-refractivity contribution in [3.8, 4) is 0 Å². The number of carboxylic acid groups (broad SMARTS) is 2. The predicted octanol–water partition coefficient (Wildman–Crippen LogP) is 3.02. The second kappa shape index (κ2) is 11.4. The molecule has 1 aliphatic rings. The standard InChI is InChI=1S/C34H40N4O4/c1-7-21-17(3)25-13-26-19(5)23(9-11-33(39)40)31(37-26)16-32-24(10-12-34(41)42)20(6)28(38-32)15-30-22(8-2)18(4)27(36-30)14-29(21)35-25/h13-16,35-38H,7-12H2,1-6H3,(H,39,40)(H,41,42)/b25-13?,26-13-,27-14-,28-15?,29-14?,30-15-,31-16-,32-16?. The van der Waals surface area contributed by atoms with Crippen molar-refractivity contribution >= 4 is 36.2 Å². The molecule has 220 valence electrons. The average Bonchev–Trinajstić information content (AvgIpc) is 3.59. The Bertz CT molecular complexity index is 1960. The molecule has 5 heterocycles. The Labute approximate surface area is 244 Å². The summed E-state index contributed by atoms with van der Waals surface area (Å²) in [7, 11) is 0. The zero-order valence-electron chi connectivity index (χ0n) is 25.3. The molecular formula is C34H40N4O4. The molecule has 0 radical (unpaired) electrons. The molecule has 0 amide bonds. The number of aromatic amines is 4. The van der Waals surface area contributed by atoms with Crippen molar-refractivity contribution in [1.29, 1.82) is 0 Å². The summed E-state index contributed by atoms with van der Waals surface area (Å²) in [5.41, 5.74) is 12.6. The first kappa shape index (κ1) is 29.0. The molecule has 0 fully saturated rings. The molecule has 8 heteroatoms. The van der Waals surface area contributed by atoms with Crippen molar-refractivity contribution < 1.29 is 19.8 Å². The summed E-state index contributed by atoms with van der Waals surface area (Å²) in [6.07, 6.45) is 11.0. The van der Waals surface area contributed by atoms with Crippen LogP contribution in [0.15, 0.2) is 0 Å². The Morgan fingerprint density at radius 2 is 0.929 bits per heavy atom. The van der Waals surface area contributed by atoms with Crippen LogP contribution in [0, 0.1) is 27.7 Å². The lowest BCUT2D eigenvalue weighted by Gasteiger charge is -2.01. The lowest BCUT2D eigenvalue weighted by atomic mass is 10.0. The third kappa shape index (κ3) is 5.29. The average molecular weight is 569 g/mol. The van der Waals surface area contributed by atoms with Gasteiger partial charge in [-0.1, -0.05) is 13.8 Å². The number of aromatic nitrogens is 4. The summed E-state index contributed by atoms with van der Waals surface area (Å²) in [5.74, 6) is -1.69. The Balaban J connectivity index is 1.91. The van der Waals surface area contributed by atoms with Crippen LogP contribution < -0.4 is 21.4 Å². The SMILES string of the molecule is CCc1c2[nH]c(c1C)/C=c1\[nH]/c(c(CCC(=O)O)c1C)=C\c1[nH]c(c(C)c1CCC(=O)O)/C=c1\[nH]/c(c(C)c1CC)=C\2. The van der Waals surface area contributed by atoms with E-state index in [4.69, 9.17) is 0 Å². The van der Waals surface area contributed by atoms with E-state index in [0.29, 0.717) is 12.8 Å². The Hall–Kier alpha value is -4.46. The number of hydrogen-bond donors (Lipinski definition) is 6. The fourth-order valence-corrected chi connectivity index (χ4v) is 6.38. The van der Waals surface area contributed by atoms with E-state index in [1.807, 2.05) is 19.9 Å². The van der Waals surface area contributed by atoms with E-state index in [-0.39, 0.29) is 12.8 Å². The van der Waals surface area contributed by atoms with Gasteiger partial charge in [-0.25, -0.2) is 0 Å². The second-order valence-electron chi connectivity index (χ2n) is 11.3. The molecule has 8 nitrogen and oxygen atoms in total. The number of hydrogen-bond acceptors (Lipinski definition) is 2. The quantitative estimate of drug-likeness (QED) is 0.171. The third-order valence-electron chi connectivity index (χ3n) is 8.84. The van der Waals surface area contributed by atoms with Gasteiger partial charge in [-0.3, -0.25) is 9.59 Å². The number of rotatable bonds is 8. The number of fused-ring (bicyclic) bond motifs is 8. The van der Waals surface area contributed by atoms with E-state index in [2.05, 4.69) is 65.9 Å². The van der Waals surface area contributed by atoms with Gasteiger partial charge in [0.25, 0.3) is 0 Å². The Morgan fingerprint density at radius 1 is 0.524 bits per heavy atom.